The van der Waals surface area contributed by atoms with Crippen molar-refractivity contribution in [1.29, 1.82) is 0 Å². The summed E-state index contributed by atoms with van der Waals surface area (Å²) in [5, 5.41) is 7.22. The molecular formula is C5H5B2NOS. The maximum atomic E-state index is 9.00. The van der Waals surface area contributed by atoms with E-state index in [1.165, 1.54) is 11.5 Å². The predicted molar refractivity (Wildman–Crippen MR) is 42.3 cm³/mol. The summed E-state index contributed by atoms with van der Waals surface area (Å²) < 4.78 is 3.83. The zero-order valence-electron chi connectivity index (χ0n) is 5.53. The Kier molecular flexibility index (Phi) is 1.88. The lowest BCUT2D eigenvalue weighted by Gasteiger charge is -2.13. The molecule has 1 heterocycles. The molecule has 0 amide bonds. The number of hydrogen-bond acceptors (Lipinski definition) is 3. The topological polar surface area (TPSA) is 33.1 Å². The summed E-state index contributed by atoms with van der Waals surface area (Å²) in [5.41, 5.74) is 0.315. The number of aryl methyl sites for hydroxylation is 1. The predicted octanol–water partition coefficient (Wildman–Crippen LogP) is -0.109. The maximum Gasteiger partial charge on any atom is 0.108 e. The van der Waals surface area contributed by atoms with E-state index in [-0.39, 0.29) is 0 Å². The molecule has 0 aliphatic heterocycles. The summed E-state index contributed by atoms with van der Waals surface area (Å²) in [6, 6.07) is 1.66. The first-order chi connectivity index (χ1) is 4.50. The minimum Gasteiger partial charge on any atom is -0.403 e. The van der Waals surface area contributed by atoms with Gasteiger partial charge in [0.05, 0.1) is 5.69 Å². The van der Waals surface area contributed by atoms with Crippen LogP contribution in [0.5, 0.6) is 0 Å². The number of nitrogens with zero attached hydrogens (tertiary/aromatic N) is 1. The Morgan fingerprint density at radius 1 is 1.70 bits per heavy atom. The van der Waals surface area contributed by atoms with Crippen molar-refractivity contribution in [2.75, 3.05) is 0 Å². The molecule has 2 nitrogen and oxygen atoms in total. The van der Waals surface area contributed by atoms with Crippen LogP contribution in [0.25, 0.3) is 0 Å². The Balaban J connectivity index is 2.96. The standard InChI is InChI=1S/C5H5B2NOS/c1-3-2-4(8-10-3)5(6,7)9/h2,9H,1H3. The van der Waals surface area contributed by atoms with Gasteiger partial charge in [-0.2, -0.15) is 4.37 Å². The highest BCUT2D eigenvalue weighted by molar-refractivity contribution is 7.05. The third-order valence-corrected chi connectivity index (χ3v) is 1.73. The van der Waals surface area contributed by atoms with Crippen LogP contribution in [0.15, 0.2) is 6.07 Å². The number of aromatic nitrogens is 1. The van der Waals surface area contributed by atoms with Crippen molar-refractivity contribution in [1.82, 2.24) is 4.37 Å². The van der Waals surface area contributed by atoms with Gasteiger partial charge in [-0.15, -0.1) is 0 Å². The fraction of sp³-hybridized carbons (Fsp3) is 0.400. The van der Waals surface area contributed by atoms with Gasteiger partial charge in [-0.25, -0.2) is 0 Å². The quantitative estimate of drug-likeness (QED) is 0.565. The van der Waals surface area contributed by atoms with Crippen LogP contribution in [0.1, 0.15) is 10.6 Å². The van der Waals surface area contributed by atoms with Gasteiger partial charge in [0.15, 0.2) is 0 Å². The molecule has 0 atom stereocenters. The Morgan fingerprint density at radius 3 is 2.50 bits per heavy atom. The number of hydrogen-bond donors (Lipinski definition) is 1. The summed E-state index contributed by atoms with van der Waals surface area (Å²) in [7, 11) is 10.3. The molecule has 0 unspecified atom stereocenters. The van der Waals surface area contributed by atoms with E-state index in [0.29, 0.717) is 5.69 Å². The molecule has 0 aliphatic carbocycles. The van der Waals surface area contributed by atoms with E-state index in [0.717, 1.165) is 4.88 Å². The first-order valence-corrected chi connectivity index (χ1v) is 3.51. The summed E-state index contributed by atoms with van der Waals surface area (Å²) in [5.74, 6) is 0. The maximum absolute atomic E-state index is 9.00. The van der Waals surface area contributed by atoms with Crippen LogP contribution in [-0.2, 0) is 5.40 Å². The highest BCUT2D eigenvalue weighted by atomic mass is 32.1. The van der Waals surface area contributed by atoms with Gasteiger partial charge in [0.2, 0.25) is 0 Å². The minimum atomic E-state index is -1.79. The van der Waals surface area contributed by atoms with Crippen LogP contribution < -0.4 is 0 Å². The van der Waals surface area contributed by atoms with E-state index in [1.54, 1.807) is 6.07 Å². The van der Waals surface area contributed by atoms with Crippen molar-refractivity contribution in [2.45, 2.75) is 12.3 Å². The summed E-state index contributed by atoms with van der Waals surface area (Å²) in [6.07, 6.45) is 0. The molecule has 1 aromatic heterocycles. The van der Waals surface area contributed by atoms with Crippen LogP contribution in [0.4, 0.5) is 0 Å². The average molecular weight is 149 g/mol. The van der Waals surface area contributed by atoms with Gasteiger partial charge >= 0.3 is 0 Å². The van der Waals surface area contributed by atoms with Gasteiger partial charge in [-0.1, -0.05) is 0 Å². The van der Waals surface area contributed by atoms with Crippen molar-refractivity contribution >= 4 is 27.2 Å². The molecule has 0 fully saturated rings. The smallest absolute Gasteiger partial charge is 0.108 e. The van der Waals surface area contributed by atoms with Gasteiger partial charge in [0.25, 0.3) is 0 Å². The van der Waals surface area contributed by atoms with Crippen LogP contribution in [0.2, 0.25) is 0 Å². The van der Waals surface area contributed by atoms with Gasteiger partial charge in [0.1, 0.15) is 15.7 Å². The average Bonchev–Trinajstić information content (AvgIpc) is 2.11. The number of aliphatic hydroxyl groups is 1. The van der Waals surface area contributed by atoms with E-state index < -0.39 is 5.40 Å². The molecular weight excluding hydrogens is 144 g/mol. The van der Waals surface area contributed by atoms with E-state index in [2.05, 4.69) is 4.37 Å². The molecule has 0 saturated carbocycles. The lowest BCUT2D eigenvalue weighted by molar-refractivity contribution is 0.213. The highest BCUT2D eigenvalue weighted by Crippen LogP contribution is 2.15. The molecule has 1 N–H and O–H groups in total. The second kappa shape index (κ2) is 2.40. The Hall–Kier alpha value is -0.280. The fourth-order valence-electron chi connectivity index (χ4n) is 0.555. The summed E-state index contributed by atoms with van der Waals surface area (Å²) in [4.78, 5) is 0.976. The first kappa shape index (κ1) is 7.82. The zero-order valence-corrected chi connectivity index (χ0v) is 6.35. The van der Waals surface area contributed by atoms with Crippen LogP contribution in [-0.4, -0.2) is 25.2 Å². The van der Waals surface area contributed by atoms with Gasteiger partial charge < -0.3 is 5.11 Å². The normalized spacial score (nSPS) is 11.8. The van der Waals surface area contributed by atoms with E-state index in [1.807, 2.05) is 6.92 Å². The van der Waals surface area contributed by atoms with Gasteiger partial charge in [-0.3, -0.25) is 0 Å². The minimum absolute atomic E-state index is 0.315. The fourth-order valence-corrected chi connectivity index (χ4v) is 1.16. The van der Waals surface area contributed by atoms with E-state index >= 15 is 0 Å². The Bertz CT molecular complexity index is 230. The summed E-state index contributed by atoms with van der Waals surface area (Å²) >= 11 is 1.26. The van der Waals surface area contributed by atoms with Crippen molar-refractivity contribution < 1.29 is 5.11 Å². The molecule has 4 radical (unpaired) electrons. The van der Waals surface area contributed by atoms with Gasteiger partial charge in [0, 0.05) is 10.3 Å². The van der Waals surface area contributed by atoms with E-state index in [9.17, 15) is 0 Å². The van der Waals surface area contributed by atoms with Crippen molar-refractivity contribution in [3.8, 4) is 0 Å². The third-order valence-electron chi connectivity index (χ3n) is 1.04. The second-order valence-corrected chi connectivity index (χ2v) is 3.16. The number of rotatable bonds is 1. The van der Waals surface area contributed by atoms with Crippen molar-refractivity contribution in [3.63, 3.8) is 0 Å². The highest BCUT2D eigenvalue weighted by Gasteiger charge is 2.17. The second-order valence-electron chi connectivity index (χ2n) is 2.15. The zero-order chi connectivity index (χ0) is 7.78. The van der Waals surface area contributed by atoms with Gasteiger partial charge in [-0.05, 0) is 24.5 Å². The summed E-state index contributed by atoms with van der Waals surface area (Å²) in [6.45, 7) is 1.87. The molecule has 0 bridgehead atoms. The van der Waals surface area contributed by atoms with Crippen molar-refractivity contribution in [3.05, 3.63) is 16.6 Å². The molecule has 1 aromatic rings. The monoisotopic (exact) mass is 149 g/mol. The third kappa shape index (κ3) is 1.61. The molecule has 0 saturated heterocycles. The molecule has 5 heteroatoms. The molecule has 1 rings (SSSR count). The molecule has 0 aromatic carbocycles. The Morgan fingerprint density at radius 2 is 2.30 bits per heavy atom. The first-order valence-electron chi connectivity index (χ1n) is 2.74. The van der Waals surface area contributed by atoms with Crippen LogP contribution in [0.3, 0.4) is 0 Å². The SMILES string of the molecule is [B]C([B])(O)c1cc(C)sn1. The van der Waals surface area contributed by atoms with E-state index in [4.69, 9.17) is 20.8 Å². The molecule has 0 spiro atoms. The molecule has 48 valence electrons. The van der Waals surface area contributed by atoms with Crippen LogP contribution in [0, 0.1) is 6.92 Å². The van der Waals surface area contributed by atoms with Crippen LogP contribution >= 0.6 is 11.5 Å². The Labute approximate surface area is 66.3 Å². The molecule has 10 heavy (non-hydrogen) atoms. The lowest BCUT2D eigenvalue weighted by Crippen LogP contribution is -2.26. The molecule has 0 aliphatic rings. The lowest BCUT2D eigenvalue weighted by atomic mass is 9.63. The van der Waals surface area contributed by atoms with Crippen molar-refractivity contribution in [2.24, 2.45) is 0 Å². The largest absolute Gasteiger partial charge is 0.403 e.